The number of nitrogens with zero attached hydrogens (tertiary/aromatic N) is 2. The molecule has 2 rings (SSSR count). The van der Waals surface area contributed by atoms with Gasteiger partial charge in [0, 0.05) is 19.6 Å². The lowest BCUT2D eigenvalue weighted by atomic mass is 10.2. The van der Waals surface area contributed by atoms with Crippen LogP contribution in [0.15, 0.2) is 29.3 Å². The van der Waals surface area contributed by atoms with Gasteiger partial charge in [-0.1, -0.05) is 12.1 Å². The predicted octanol–water partition coefficient (Wildman–Crippen LogP) is 1.75. The molecule has 6 nitrogen and oxygen atoms in total. The van der Waals surface area contributed by atoms with Crippen LogP contribution in [0.3, 0.4) is 0 Å². The zero-order valence-corrected chi connectivity index (χ0v) is 14.6. The summed E-state index contributed by atoms with van der Waals surface area (Å²) in [6.07, 6.45) is -3.42. The van der Waals surface area contributed by atoms with Crippen molar-refractivity contribution in [2.24, 2.45) is 10.7 Å². The Kier molecular flexibility index (Phi) is 7.99. The molecule has 146 valence electrons. The van der Waals surface area contributed by atoms with Gasteiger partial charge in [-0.15, -0.1) is 0 Å². The number of nitrogens with two attached hydrogens (primary N) is 1. The summed E-state index contributed by atoms with van der Waals surface area (Å²) in [5.74, 6) is 0.473. The van der Waals surface area contributed by atoms with Crippen LogP contribution in [0.1, 0.15) is 12.0 Å². The second kappa shape index (κ2) is 10.2. The molecule has 1 aliphatic heterocycles. The Bertz CT molecular complexity index is 575. The molecule has 1 aromatic carbocycles. The summed E-state index contributed by atoms with van der Waals surface area (Å²) in [6.45, 7) is 4.11. The number of hydrogen-bond acceptors (Lipinski definition) is 4. The van der Waals surface area contributed by atoms with Crippen LogP contribution in [0, 0.1) is 0 Å². The smallest absolute Gasteiger partial charge is 0.422 e. The Balaban J connectivity index is 1.68. The molecule has 1 heterocycles. The van der Waals surface area contributed by atoms with Crippen LogP contribution < -0.4 is 15.8 Å². The highest BCUT2D eigenvalue weighted by Crippen LogP contribution is 2.19. The van der Waals surface area contributed by atoms with Gasteiger partial charge in [0.25, 0.3) is 0 Å². The fraction of sp³-hybridized carbons (Fsp3) is 0.588. The first-order valence-corrected chi connectivity index (χ1v) is 8.55. The minimum Gasteiger partial charge on any atom is -0.484 e. The van der Waals surface area contributed by atoms with E-state index in [-0.39, 0.29) is 12.3 Å². The molecule has 3 N–H and O–H groups in total. The maximum Gasteiger partial charge on any atom is 0.422 e. The molecule has 9 heteroatoms. The summed E-state index contributed by atoms with van der Waals surface area (Å²) in [5.41, 5.74) is 6.54. The van der Waals surface area contributed by atoms with Crippen molar-refractivity contribution in [3.63, 3.8) is 0 Å². The van der Waals surface area contributed by atoms with Crippen molar-refractivity contribution in [1.82, 2.24) is 10.2 Å². The average molecular weight is 374 g/mol. The number of ether oxygens (including phenoxy) is 2. The van der Waals surface area contributed by atoms with Crippen molar-refractivity contribution >= 4 is 5.96 Å². The second-order valence-corrected chi connectivity index (χ2v) is 5.99. The molecule has 0 unspecified atom stereocenters. The molecule has 1 aliphatic rings. The fourth-order valence-corrected chi connectivity index (χ4v) is 2.48. The summed E-state index contributed by atoms with van der Waals surface area (Å²) in [4.78, 5) is 6.54. The third-order valence-electron chi connectivity index (χ3n) is 3.79. The maximum atomic E-state index is 12.2. The Hall–Kier alpha value is -2.00. The summed E-state index contributed by atoms with van der Waals surface area (Å²) >= 11 is 0. The number of benzene rings is 1. The van der Waals surface area contributed by atoms with Crippen molar-refractivity contribution in [1.29, 1.82) is 0 Å². The predicted molar refractivity (Wildman–Crippen MR) is 93.2 cm³/mol. The molecule has 1 aromatic rings. The number of nitrogens with one attached hydrogen (secondary N) is 1. The highest BCUT2D eigenvalue weighted by molar-refractivity contribution is 5.77. The molecule has 0 aromatic heterocycles. The minimum absolute atomic E-state index is 0.159. The van der Waals surface area contributed by atoms with Crippen LogP contribution in [0.4, 0.5) is 13.2 Å². The van der Waals surface area contributed by atoms with Gasteiger partial charge in [-0.2, -0.15) is 13.2 Å². The first-order chi connectivity index (χ1) is 12.4. The first kappa shape index (κ1) is 20.3. The number of alkyl halides is 3. The van der Waals surface area contributed by atoms with Gasteiger partial charge in [0.05, 0.1) is 19.8 Å². The van der Waals surface area contributed by atoms with Crippen LogP contribution >= 0.6 is 0 Å². The molecular formula is C17H25F3N4O2. The van der Waals surface area contributed by atoms with E-state index in [1.54, 1.807) is 12.1 Å². The molecule has 0 atom stereocenters. The van der Waals surface area contributed by atoms with E-state index in [1.165, 1.54) is 12.1 Å². The second-order valence-electron chi connectivity index (χ2n) is 5.99. The average Bonchev–Trinajstić information content (AvgIpc) is 2.62. The molecule has 0 spiro atoms. The third-order valence-corrected chi connectivity index (χ3v) is 3.79. The normalized spacial score (nSPS) is 16.5. The van der Waals surface area contributed by atoms with Crippen LogP contribution in [-0.2, 0) is 11.3 Å². The number of rotatable bonds is 8. The van der Waals surface area contributed by atoms with Crippen molar-refractivity contribution < 1.29 is 22.6 Å². The maximum absolute atomic E-state index is 12.2. The van der Waals surface area contributed by atoms with Gasteiger partial charge >= 0.3 is 6.18 Å². The SMILES string of the molecule is NC(=NCc1cccc(OCC(F)(F)F)c1)NCCCN1CCOCC1. The summed E-state index contributed by atoms with van der Waals surface area (Å²) in [6, 6.07) is 6.39. The fourth-order valence-electron chi connectivity index (χ4n) is 2.48. The highest BCUT2D eigenvalue weighted by Gasteiger charge is 2.28. The standard InChI is InChI=1S/C17H25F3N4O2/c18-17(19,20)13-26-15-4-1-3-14(11-15)12-23-16(21)22-5-2-6-24-7-9-25-10-8-24/h1,3-4,11H,2,5-10,12-13H2,(H3,21,22,23). The Morgan fingerprint density at radius 2 is 2.08 bits per heavy atom. The van der Waals surface area contributed by atoms with Gasteiger partial charge in [0.2, 0.25) is 0 Å². The van der Waals surface area contributed by atoms with Gasteiger partial charge in [-0.05, 0) is 30.7 Å². The molecular weight excluding hydrogens is 349 g/mol. The zero-order valence-electron chi connectivity index (χ0n) is 14.6. The van der Waals surface area contributed by atoms with E-state index in [0.717, 1.165) is 44.8 Å². The van der Waals surface area contributed by atoms with E-state index in [9.17, 15) is 13.2 Å². The van der Waals surface area contributed by atoms with Gasteiger partial charge in [0.1, 0.15) is 5.75 Å². The summed E-state index contributed by atoms with van der Waals surface area (Å²) < 4.78 is 46.6. The molecule has 0 radical (unpaired) electrons. The molecule has 0 aliphatic carbocycles. The first-order valence-electron chi connectivity index (χ1n) is 8.55. The summed E-state index contributed by atoms with van der Waals surface area (Å²) in [7, 11) is 0. The molecule has 1 fully saturated rings. The lowest BCUT2D eigenvalue weighted by molar-refractivity contribution is -0.153. The quantitative estimate of drug-likeness (QED) is 0.412. The number of hydrogen-bond donors (Lipinski definition) is 2. The Morgan fingerprint density at radius 3 is 2.81 bits per heavy atom. The number of halogens is 3. The van der Waals surface area contributed by atoms with Crippen molar-refractivity contribution in [2.75, 3.05) is 46.0 Å². The van der Waals surface area contributed by atoms with Crippen LogP contribution in [-0.4, -0.2) is 63.0 Å². The lowest BCUT2D eigenvalue weighted by Crippen LogP contribution is -2.39. The molecule has 26 heavy (non-hydrogen) atoms. The highest BCUT2D eigenvalue weighted by atomic mass is 19.4. The van der Waals surface area contributed by atoms with Crippen LogP contribution in [0.25, 0.3) is 0 Å². The zero-order chi connectivity index (χ0) is 18.8. The number of guanidine groups is 1. The van der Waals surface area contributed by atoms with E-state index < -0.39 is 12.8 Å². The third kappa shape index (κ3) is 8.39. The Morgan fingerprint density at radius 1 is 1.31 bits per heavy atom. The van der Waals surface area contributed by atoms with Gasteiger partial charge in [0.15, 0.2) is 12.6 Å². The van der Waals surface area contributed by atoms with E-state index in [0.29, 0.717) is 12.5 Å². The van der Waals surface area contributed by atoms with Gasteiger partial charge in [-0.25, -0.2) is 4.99 Å². The van der Waals surface area contributed by atoms with E-state index >= 15 is 0 Å². The van der Waals surface area contributed by atoms with Crippen molar-refractivity contribution in [3.8, 4) is 5.75 Å². The van der Waals surface area contributed by atoms with Gasteiger partial charge < -0.3 is 20.5 Å². The largest absolute Gasteiger partial charge is 0.484 e. The van der Waals surface area contributed by atoms with Gasteiger partial charge in [-0.3, -0.25) is 4.90 Å². The molecule has 0 saturated carbocycles. The monoisotopic (exact) mass is 374 g/mol. The molecule has 1 saturated heterocycles. The van der Waals surface area contributed by atoms with E-state index in [1.807, 2.05) is 0 Å². The van der Waals surface area contributed by atoms with Crippen molar-refractivity contribution in [3.05, 3.63) is 29.8 Å². The van der Waals surface area contributed by atoms with E-state index in [2.05, 4.69) is 15.2 Å². The van der Waals surface area contributed by atoms with E-state index in [4.69, 9.17) is 15.2 Å². The number of aliphatic imine (C=N–C) groups is 1. The number of morpholine rings is 1. The molecule has 0 amide bonds. The Labute approximate surface area is 151 Å². The van der Waals surface area contributed by atoms with Crippen molar-refractivity contribution in [2.45, 2.75) is 19.1 Å². The van der Waals surface area contributed by atoms with Crippen LogP contribution in [0.2, 0.25) is 0 Å². The minimum atomic E-state index is -4.36. The molecule has 0 bridgehead atoms. The lowest BCUT2D eigenvalue weighted by Gasteiger charge is -2.26. The topological polar surface area (TPSA) is 72.1 Å². The summed E-state index contributed by atoms with van der Waals surface area (Å²) in [5, 5.41) is 3.04. The van der Waals surface area contributed by atoms with Crippen LogP contribution in [0.5, 0.6) is 5.75 Å².